The normalized spacial score (nSPS) is 40.8. The van der Waals surface area contributed by atoms with Crippen molar-refractivity contribution in [2.45, 2.75) is 33.1 Å². The maximum Gasteiger partial charge on any atom is 0.0273 e. The molecule has 1 aliphatic carbocycles. The minimum Gasteiger partial charge on any atom is -0.0856 e. The van der Waals surface area contributed by atoms with Crippen LogP contribution in [0.3, 0.4) is 0 Å². The van der Waals surface area contributed by atoms with E-state index in [1.54, 1.807) is 0 Å². The van der Waals surface area contributed by atoms with Crippen molar-refractivity contribution >= 4 is 0 Å². The van der Waals surface area contributed by atoms with Gasteiger partial charge < -0.3 is 0 Å². The van der Waals surface area contributed by atoms with Crippen molar-refractivity contribution in [2.24, 2.45) is 5.92 Å². The highest BCUT2D eigenvalue weighted by atomic mass is 14.1. The highest BCUT2D eigenvalue weighted by molar-refractivity contribution is 5.02. The van der Waals surface area contributed by atoms with Gasteiger partial charge in [-0.25, -0.2) is 0 Å². The smallest absolute Gasteiger partial charge is 0.0273 e. The molecule has 0 N–H and O–H groups in total. The molecule has 0 radical (unpaired) electrons. The molecule has 46 valence electrons. The lowest BCUT2D eigenvalue weighted by Gasteiger charge is -2.15. The van der Waals surface area contributed by atoms with Crippen molar-refractivity contribution in [2.75, 3.05) is 0 Å². The third kappa shape index (κ3) is 1.36. The first-order chi connectivity index (χ1) is 4.20. The molecule has 0 spiro atoms. The average Bonchev–Trinajstić information content (AvgIpc) is 1.80. The summed E-state index contributed by atoms with van der Waals surface area (Å²) in [6, 6.07) is 0. The Morgan fingerprint density at radius 1 is 1.88 bits per heavy atom. The van der Waals surface area contributed by atoms with Gasteiger partial charge >= 0.3 is 0 Å². The SMILES string of the molecule is [3H]C1CC=C(C)CC1C. The third-order valence-corrected chi connectivity index (χ3v) is 1.65. The molecule has 0 aromatic heterocycles. The molecule has 1 rings (SSSR count). The predicted molar refractivity (Wildman–Crippen MR) is 36.8 cm³/mol. The molecule has 0 nitrogen and oxygen atoms in total. The minimum atomic E-state index is 0.161. The summed E-state index contributed by atoms with van der Waals surface area (Å²) in [4.78, 5) is 0. The van der Waals surface area contributed by atoms with Crippen molar-refractivity contribution in [1.82, 2.24) is 0 Å². The second-order valence-corrected chi connectivity index (χ2v) is 2.70. The molecule has 1 aliphatic rings. The van der Waals surface area contributed by atoms with Crippen LogP contribution in [0.2, 0.25) is 0 Å². The Morgan fingerprint density at radius 2 is 2.62 bits per heavy atom. The molecule has 0 aliphatic heterocycles. The van der Waals surface area contributed by atoms with Gasteiger partial charge in [0.2, 0.25) is 0 Å². The minimum absolute atomic E-state index is 0.161. The number of hydrogen-bond acceptors (Lipinski definition) is 0. The van der Waals surface area contributed by atoms with Crippen LogP contribution in [0.4, 0.5) is 0 Å². The number of rotatable bonds is 0. The Morgan fingerprint density at radius 3 is 3.12 bits per heavy atom. The van der Waals surface area contributed by atoms with Crippen LogP contribution in [-0.4, -0.2) is 0 Å². The van der Waals surface area contributed by atoms with Crippen LogP contribution in [-0.2, 0) is 0 Å². The van der Waals surface area contributed by atoms with Gasteiger partial charge in [-0.3, -0.25) is 0 Å². The summed E-state index contributed by atoms with van der Waals surface area (Å²) in [5, 5.41) is 0. The molecule has 0 fully saturated rings. The van der Waals surface area contributed by atoms with Crippen LogP contribution >= 0.6 is 0 Å². The van der Waals surface area contributed by atoms with Gasteiger partial charge in [0.15, 0.2) is 0 Å². The fourth-order valence-electron chi connectivity index (χ4n) is 1.18. The standard InChI is InChI=1S/C8H14/c1-7-4-3-5-8(2)6-7/h4,8H,3,5-6H2,1-2H3/i5T. The molecule has 8 heavy (non-hydrogen) atoms. The molecule has 2 unspecified atom stereocenters. The number of allylic oxidation sites excluding steroid dienone is 2. The van der Waals surface area contributed by atoms with E-state index in [9.17, 15) is 0 Å². The molecule has 2 atom stereocenters. The molecule has 0 aromatic rings. The summed E-state index contributed by atoms with van der Waals surface area (Å²) in [6.07, 6.45) is 4.45. The summed E-state index contributed by atoms with van der Waals surface area (Å²) >= 11 is 0. The van der Waals surface area contributed by atoms with E-state index >= 15 is 0 Å². The van der Waals surface area contributed by atoms with Gasteiger partial charge in [-0.15, -0.1) is 0 Å². The molecule has 0 saturated heterocycles. The van der Waals surface area contributed by atoms with Gasteiger partial charge in [-0.2, -0.15) is 0 Å². The lowest BCUT2D eigenvalue weighted by Crippen LogP contribution is -1.99. The van der Waals surface area contributed by atoms with Crippen LogP contribution in [0.1, 0.15) is 34.5 Å². The van der Waals surface area contributed by atoms with Crippen molar-refractivity contribution < 1.29 is 1.37 Å². The van der Waals surface area contributed by atoms with E-state index in [1.165, 1.54) is 5.57 Å². The van der Waals surface area contributed by atoms with Crippen molar-refractivity contribution in [3.63, 3.8) is 0 Å². The van der Waals surface area contributed by atoms with Crippen molar-refractivity contribution in [1.29, 1.82) is 0 Å². The summed E-state index contributed by atoms with van der Waals surface area (Å²) in [5.74, 6) is 0.579. The first-order valence-corrected chi connectivity index (χ1v) is 3.28. The Hall–Kier alpha value is -0.260. The largest absolute Gasteiger partial charge is 0.0856 e. The van der Waals surface area contributed by atoms with Gasteiger partial charge in [0.25, 0.3) is 0 Å². The van der Waals surface area contributed by atoms with Gasteiger partial charge in [-0.1, -0.05) is 18.6 Å². The molecular weight excluding hydrogens is 96.1 g/mol. The van der Waals surface area contributed by atoms with E-state index < -0.39 is 0 Å². The predicted octanol–water partition coefficient (Wildman–Crippen LogP) is 2.75. The Labute approximate surface area is 53.0 Å². The van der Waals surface area contributed by atoms with Crippen LogP contribution < -0.4 is 0 Å². The topological polar surface area (TPSA) is 0 Å². The van der Waals surface area contributed by atoms with E-state index in [1.807, 2.05) is 0 Å². The van der Waals surface area contributed by atoms with E-state index in [-0.39, 0.29) is 6.40 Å². The first kappa shape index (κ1) is 4.60. The van der Waals surface area contributed by atoms with Crippen molar-refractivity contribution in [3.8, 4) is 0 Å². The van der Waals surface area contributed by atoms with Crippen LogP contribution in [0.25, 0.3) is 0 Å². The quantitative estimate of drug-likeness (QED) is 0.423. The van der Waals surface area contributed by atoms with Crippen LogP contribution in [0.15, 0.2) is 11.6 Å². The lowest BCUT2D eigenvalue weighted by atomic mass is 9.91. The highest BCUT2D eigenvalue weighted by Crippen LogP contribution is 2.22. The van der Waals surface area contributed by atoms with Gasteiger partial charge in [-0.05, 0) is 32.1 Å². The van der Waals surface area contributed by atoms with Gasteiger partial charge in [0.05, 0.1) is 0 Å². The first-order valence-electron chi connectivity index (χ1n) is 3.86. The van der Waals surface area contributed by atoms with Gasteiger partial charge in [0.1, 0.15) is 0 Å². The van der Waals surface area contributed by atoms with Gasteiger partial charge in [0, 0.05) is 1.37 Å². The Kier molecular flexibility index (Phi) is 1.35. The lowest BCUT2D eigenvalue weighted by molar-refractivity contribution is 0.510. The molecule has 0 heterocycles. The molecule has 0 bridgehead atoms. The Bertz CT molecular complexity index is 127. The fraction of sp³-hybridized carbons (Fsp3) is 0.750. The fourth-order valence-corrected chi connectivity index (χ4v) is 1.18. The maximum atomic E-state index is 7.52. The summed E-state index contributed by atoms with van der Waals surface area (Å²) in [7, 11) is 0. The summed E-state index contributed by atoms with van der Waals surface area (Å²) in [6.45, 7) is 4.32. The summed E-state index contributed by atoms with van der Waals surface area (Å²) in [5.41, 5.74) is 1.46. The molecular formula is C8H14. The monoisotopic (exact) mass is 112 g/mol. The summed E-state index contributed by atoms with van der Waals surface area (Å²) < 4.78 is 7.52. The second-order valence-electron chi connectivity index (χ2n) is 2.70. The third-order valence-electron chi connectivity index (χ3n) is 1.65. The molecule has 0 heteroatoms. The van der Waals surface area contributed by atoms with E-state index in [0.29, 0.717) is 5.92 Å². The van der Waals surface area contributed by atoms with Crippen LogP contribution in [0, 0.1) is 5.92 Å². The molecule has 0 saturated carbocycles. The highest BCUT2D eigenvalue weighted by Gasteiger charge is 2.05. The zero-order valence-electron chi connectivity index (χ0n) is 6.65. The average molecular weight is 112 g/mol. The van der Waals surface area contributed by atoms with E-state index in [4.69, 9.17) is 1.37 Å². The van der Waals surface area contributed by atoms with Crippen LogP contribution in [0.5, 0.6) is 0 Å². The van der Waals surface area contributed by atoms with E-state index in [2.05, 4.69) is 19.9 Å². The second kappa shape index (κ2) is 2.34. The van der Waals surface area contributed by atoms with Crippen molar-refractivity contribution in [3.05, 3.63) is 11.6 Å². The van der Waals surface area contributed by atoms with E-state index in [0.717, 1.165) is 12.8 Å². The zero-order chi connectivity index (χ0) is 6.85. The number of hydrogen-bond donors (Lipinski definition) is 0. The zero-order valence-corrected chi connectivity index (χ0v) is 5.65. The molecule has 0 aromatic carbocycles. The Balaban J connectivity index is 2.54. The molecule has 0 amide bonds. The maximum absolute atomic E-state index is 7.52.